The summed E-state index contributed by atoms with van der Waals surface area (Å²) >= 11 is 3.27. The van der Waals surface area contributed by atoms with Crippen LogP contribution in [0.1, 0.15) is 37.7 Å². The molecule has 1 aromatic carbocycles. The number of hydrogen-bond acceptors (Lipinski definition) is 5. The van der Waals surface area contributed by atoms with Crippen molar-refractivity contribution >= 4 is 21.8 Å². The van der Waals surface area contributed by atoms with Gasteiger partial charge in [-0.2, -0.15) is 0 Å². The van der Waals surface area contributed by atoms with Crippen molar-refractivity contribution in [2.45, 2.75) is 43.5 Å². The van der Waals surface area contributed by atoms with Crippen molar-refractivity contribution in [1.82, 2.24) is 20.2 Å². The monoisotopic (exact) mass is 474 g/mol. The fourth-order valence-electron chi connectivity index (χ4n) is 4.43. The molecule has 1 saturated heterocycles. The second-order valence-corrected chi connectivity index (χ2v) is 9.64. The number of rotatable bonds is 7. The maximum absolute atomic E-state index is 12.6. The Labute approximate surface area is 187 Å². The third kappa shape index (κ3) is 5.73. The van der Waals surface area contributed by atoms with E-state index in [9.17, 15) is 4.79 Å². The molecule has 1 unspecified atom stereocenters. The summed E-state index contributed by atoms with van der Waals surface area (Å²) in [5.74, 6) is 1.60. The van der Waals surface area contributed by atoms with Gasteiger partial charge in [-0.3, -0.25) is 0 Å². The standard InChI is InChI=1S/C23H32N5OSe/c29-23-26-21(27-14-11-24-12-15-27)10-13-28(23)20-8-6-18(7-9-20)16-22(30)25-17-19-4-2-1-3-5-19/h6-10,13,19,22,24-25H,1-5,11-12,14-17H2. The zero-order valence-corrected chi connectivity index (χ0v) is 19.3. The molecule has 0 bridgehead atoms. The summed E-state index contributed by atoms with van der Waals surface area (Å²) < 4.78 is 1.62. The predicted molar refractivity (Wildman–Crippen MR) is 123 cm³/mol. The second-order valence-electron chi connectivity index (χ2n) is 8.45. The van der Waals surface area contributed by atoms with E-state index in [-0.39, 0.29) is 5.69 Å². The molecule has 2 heterocycles. The molecule has 0 spiro atoms. The minimum absolute atomic E-state index is 0.227. The fraction of sp³-hybridized carbons (Fsp3) is 0.565. The van der Waals surface area contributed by atoms with Crippen molar-refractivity contribution in [2.75, 3.05) is 37.6 Å². The molecule has 6 nitrogen and oxygen atoms in total. The SMILES string of the molecule is O=c1nc(N2CCNCC2)ccn1-c1ccc(CC([Se])NCC2CCCCC2)cc1. The number of nitrogens with one attached hydrogen (secondary N) is 2. The Bertz CT molecular complexity index is 857. The molecular formula is C23H32N5OSe. The van der Waals surface area contributed by atoms with Gasteiger partial charge in [0, 0.05) is 13.1 Å². The Hall–Kier alpha value is -1.66. The molecule has 1 aliphatic carbocycles. The van der Waals surface area contributed by atoms with Gasteiger partial charge < -0.3 is 5.32 Å². The van der Waals surface area contributed by atoms with E-state index in [2.05, 4.69) is 48.7 Å². The molecule has 1 saturated carbocycles. The number of aromatic nitrogens is 2. The third-order valence-corrected chi connectivity index (χ3v) is 6.92. The molecule has 30 heavy (non-hydrogen) atoms. The molecular weight excluding hydrogens is 441 g/mol. The summed E-state index contributed by atoms with van der Waals surface area (Å²) in [5.41, 5.74) is 1.89. The number of benzene rings is 1. The molecule has 4 rings (SSSR count). The van der Waals surface area contributed by atoms with E-state index in [1.807, 2.05) is 24.4 Å². The normalized spacial score (nSPS) is 19.0. The van der Waals surface area contributed by atoms with E-state index in [1.165, 1.54) is 37.7 Å². The van der Waals surface area contributed by atoms with Gasteiger partial charge in [0.15, 0.2) is 0 Å². The van der Waals surface area contributed by atoms with Crippen molar-refractivity contribution in [2.24, 2.45) is 5.92 Å². The summed E-state index contributed by atoms with van der Waals surface area (Å²) in [4.78, 5) is 19.4. The van der Waals surface area contributed by atoms with Gasteiger partial charge in [-0.05, 0) is 0 Å². The Morgan fingerprint density at radius 1 is 1.10 bits per heavy atom. The molecule has 161 valence electrons. The summed E-state index contributed by atoms with van der Waals surface area (Å²) in [6, 6.07) is 10.2. The van der Waals surface area contributed by atoms with E-state index >= 15 is 0 Å². The topological polar surface area (TPSA) is 62.2 Å². The van der Waals surface area contributed by atoms with E-state index in [4.69, 9.17) is 0 Å². The van der Waals surface area contributed by atoms with Crippen LogP contribution in [0.4, 0.5) is 5.82 Å². The van der Waals surface area contributed by atoms with E-state index in [1.54, 1.807) is 4.57 Å². The molecule has 2 aliphatic rings. The number of piperazine rings is 1. The van der Waals surface area contributed by atoms with E-state index < -0.39 is 0 Å². The Morgan fingerprint density at radius 3 is 2.53 bits per heavy atom. The molecule has 1 atom stereocenters. The van der Waals surface area contributed by atoms with Gasteiger partial charge in [-0.25, -0.2) is 0 Å². The third-order valence-electron chi connectivity index (χ3n) is 6.22. The molecule has 7 heteroatoms. The van der Waals surface area contributed by atoms with Crippen LogP contribution in [0.15, 0.2) is 41.3 Å². The summed E-state index contributed by atoms with van der Waals surface area (Å²) in [6.45, 7) is 4.73. The van der Waals surface area contributed by atoms with Crippen LogP contribution in [0.3, 0.4) is 0 Å². The van der Waals surface area contributed by atoms with Gasteiger partial charge >= 0.3 is 169 Å². The first kappa shape index (κ1) is 21.6. The molecule has 2 fully saturated rings. The minimum atomic E-state index is -0.227. The summed E-state index contributed by atoms with van der Waals surface area (Å²) in [5, 5.41) is 6.98. The average molecular weight is 474 g/mol. The van der Waals surface area contributed by atoms with Crippen molar-refractivity contribution in [3.8, 4) is 5.69 Å². The summed E-state index contributed by atoms with van der Waals surface area (Å²) in [6.07, 6.45) is 9.69. The Morgan fingerprint density at radius 2 is 1.83 bits per heavy atom. The molecule has 2 aromatic rings. The van der Waals surface area contributed by atoms with Crippen LogP contribution in [0.2, 0.25) is 0 Å². The van der Waals surface area contributed by atoms with Gasteiger partial charge in [0.2, 0.25) is 0 Å². The van der Waals surface area contributed by atoms with Gasteiger partial charge in [0.1, 0.15) is 0 Å². The first-order valence-corrected chi connectivity index (χ1v) is 12.2. The molecule has 0 amide bonds. The van der Waals surface area contributed by atoms with Crippen LogP contribution in [0.5, 0.6) is 0 Å². The molecule has 1 radical (unpaired) electrons. The van der Waals surface area contributed by atoms with Crippen LogP contribution < -0.4 is 21.2 Å². The molecule has 1 aromatic heterocycles. The van der Waals surface area contributed by atoms with Crippen molar-refractivity contribution in [3.05, 3.63) is 52.6 Å². The fourth-order valence-corrected chi connectivity index (χ4v) is 5.03. The van der Waals surface area contributed by atoms with Crippen LogP contribution in [-0.2, 0) is 6.42 Å². The average Bonchev–Trinajstić information content (AvgIpc) is 2.80. The number of anilines is 1. The van der Waals surface area contributed by atoms with E-state index in [0.717, 1.165) is 56.6 Å². The van der Waals surface area contributed by atoms with Crippen molar-refractivity contribution < 1.29 is 0 Å². The quantitative estimate of drug-likeness (QED) is 0.602. The van der Waals surface area contributed by atoms with Crippen LogP contribution in [-0.4, -0.2) is 63.2 Å². The molecule has 1 aliphatic heterocycles. The van der Waals surface area contributed by atoms with Crippen molar-refractivity contribution in [3.63, 3.8) is 0 Å². The van der Waals surface area contributed by atoms with Crippen LogP contribution >= 0.6 is 0 Å². The van der Waals surface area contributed by atoms with Gasteiger partial charge in [0.25, 0.3) is 0 Å². The van der Waals surface area contributed by atoms with Crippen LogP contribution in [0, 0.1) is 5.92 Å². The van der Waals surface area contributed by atoms with Gasteiger partial charge in [-0.15, -0.1) is 0 Å². The maximum atomic E-state index is 12.6. The summed E-state index contributed by atoms with van der Waals surface area (Å²) in [7, 11) is 0. The Balaban J connectivity index is 1.34. The second kappa shape index (κ2) is 10.6. The predicted octanol–water partition coefficient (Wildman–Crippen LogP) is 1.85. The van der Waals surface area contributed by atoms with Crippen LogP contribution in [0.25, 0.3) is 5.69 Å². The zero-order valence-electron chi connectivity index (χ0n) is 17.6. The molecule has 2 N–H and O–H groups in total. The van der Waals surface area contributed by atoms with Gasteiger partial charge in [0.05, 0.1) is 0 Å². The van der Waals surface area contributed by atoms with Crippen molar-refractivity contribution in [1.29, 1.82) is 0 Å². The van der Waals surface area contributed by atoms with E-state index in [0.29, 0.717) is 4.94 Å². The first-order valence-electron chi connectivity index (χ1n) is 11.2. The zero-order chi connectivity index (χ0) is 20.8. The van der Waals surface area contributed by atoms with Gasteiger partial charge in [-0.1, -0.05) is 0 Å². The number of hydrogen-bond donors (Lipinski definition) is 2. The number of nitrogens with zero attached hydrogens (tertiary/aromatic N) is 3. The Kier molecular flexibility index (Phi) is 7.61. The first-order chi connectivity index (χ1) is 14.7.